The molecule has 0 aliphatic heterocycles. The minimum Gasteiger partial charge on any atom is -0.508 e. The van der Waals surface area contributed by atoms with Gasteiger partial charge in [0.15, 0.2) is 0 Å². The van der Waals surface area contributed by atoms with Gasteiger partial charge in [-0.25, -0.2) is 4.79 Å². The van der Waals surface area contributed by atoms with Gasteiger partial charge in [0, 0.05) is 24.1 Å². The molecule has 3 amide bonds. The normalized spacial score (nSPS) is 13.2. The maximum atomic E-state index is 14.5. The number of carbonyl (C=O) groups is 3. The molecular weight excluding hydrogens is 510 g/mol. The maximum absolute atomic E-state index is 14.5. The lowest BCUT2D eigenvalue weighted by Gasteiger charge is -2.44. The molecule has 9 nitrogen and oxygen atoms in total. The van der Waals surface area contributed by atoms with E-state index in [0.29, 0.717) is 18.5 Å². The van der Waals surface area contributed by atoms with Crippen molar-refractivity contribution in [1.82, 2.24) is 15.5 Å². The molecule has 0 radical (unpaired) electrons. The van der Waals surface area contributed by atoms with Crippen LogP contribution < -0.4 is 10.6 Å². The van der Waals surface area contributed by atoms with Gasteiger partial charge in [-0.1, -0.05) is 50.6 Å². The van der Waals surface area contributed by atoms with E-state index in [1.54, 1.807) is 51.1 Å². The predicted octanol–water partition coefficient (Wildman–Crippen LogP) is 5.21. The number of alkyl carbamates (subject to hydrolysis) is 1. The molecule has 0 saturated heterocycles. The Hall–Kier alpha value is -3.75. The fourth-order valence-corrected chi connectivity index (χ4v) is 4.23. The molecule has 2 unspecified atom stereocenters. The van der Waals surface area contributed by atoms with Gasteiger partial charge in [-0.15, -0.1) is 0 Å². The topological polar surface area (TPSA) is 128 Å². The molecule has 0 aliphatic rings. The average molecular weight is 556 g/mol. The third-order valence-corrected chi connectivity index (χ3v) is 6.69. The number of phenols is 2. The Bertz CT molecular complexity index is 1140. The van der Waals surface area contributed by atoms with Crippen LogP contribution in [0.25, 0.3) is 0 Å². The molecule has 0 saturated carbocycles. The van der Waals surface area contributed by atoms with Crippen LogP contribution in [0.2, 0.25) is 0 Å². The van der Waals surface area contributed by atoms with Crippen LogP contribution in [0, 0.1) is 0 Å². The van der Waals surface area contributed by atoms with E-state index in [2.05, 4.69) is 10.6 Å². The first-order valence-electron chi connectivity index (χ1n) is 13.9. The monoisotopic (exact) mass is 555 g/mol. The SMILES string of the molecule is CCCCNC(=O)C(c1ccccc1O)N(C(=O)C(Cc1ccc(O)cc1)NC(=O)OC(C)(C)C)C(C)(C)CC. The van der Waals surface area contributed by atoms with Crippen molar-refractivity contribution in [1.29, 1.82) is 0 Å². The van der Waals surface area contributed by atoms with E-state index >= 15 is 0 Å². The number of hydrogen-bond acceptors (Lipinski definition) is 6. The number of hydrogen-bond donors (Lipinski definition) is 4. The summed E-state index contributed by atoms with van der Waals surface area (Å²) in [7, 11) is 0. The lowest BCUT2D eigenvalue weighted by atomic mass is 9.90. The Morgan fingerprint density at radius 1 is 0.950 bits per heavy atom. The zero-order valence-corrected chi connectivity index (χ0v) is 24.8. The number of amides is 3. The zero-order valence-electron chi connectivity index (χ0n) is 24.8. The quantitative estimate of drug-likeness (QED) is 0.266. The number of nitrogens with zero attached hydrogens (tertiary/aromatic N) is 1. The maximum Gasteiger partial charge on any atom is 0.408 e. The van der Waals surface area contributed by atoms with E-state index in [9.17, 15) is 24.6 Å². The summed E-state index contributed by atoms with van der Waals surface area (Å²) in [5.74, 6) is -0.975. The van der Waals surface area contributed by atoms with Crippen LogP contribution in [0.5, 0.6) is 11.5 Å². The molecule has 0 fully saturated rings. The Morgan fingerprint density at radius 2 is 1.57 bits per heavy atom. The molecule has 0 aliphatic carbocycles. The minimum absolute atomic E-state index is 0.0730. The van der Waals surface area contributed by atoms with Crippen molar-refractivity contribution in [2.75, 3.05) is 6.54 Å². The van der Waals surface area contributed by atoms with Gasteiger partial charge < -0.3 is 30.5 Å². The Balaban J connectivity index is 2.64. The standard InChI is InChI=1S/C31H45N3O6/c1-8-10-19-32-27(37)26(23-13-11-12-14-25(23)36)34(31(6,7)9-2)28(38)24(33-29(39)40-30(3,4)5)20-21-15-17-22(35)18-16-21/h11-18,24,26,35-36H,8-10,19-20H2,1-7H3,(H,32,37)(H,33,39). The summed E-state index contributed by atoms with van der Waals surface area (Å²) >= 11 is 0. The van der Waals surface area contributed by atoms with Gasteiger partial charge in [-0.2, -0.15) is 0 Å². The summed E-state index contributed by atoms with van der Waals surface area (Å²) < 4.78 is 5.46. The lowest BCUT2D eigenvalue weighted by Crippen LogP contribution is -2.59. The van der Waals surface area contributed by atoms with Gasteiger partial charge in [-0.05, 0) is 71.2 Å². The van der Waals surface area contributed by atoms with Crippen LogP contribution in [-0.4, -0.2) is 56.7 Å². The van der Waals surface area contributed by atoms with E-state index in [0.717, 1.165) is 12.8 Å². The van der Waals surface area contributed by atoms with Crippen LogP contribution in [0.3, 0.4) is 0 Å². The summed E-state index contributed by atoms with van der Waals surface area (Å²) in [5.41, 5.74) is -0.676. The molecule has 2 atom stereocenters. The van der Waals surface area contributed by atoms with E-state index in [1.165, 1.54) is 23.1 Å². The van der Waals surface area contributed by atoms with Crippen molar-refractivity contribution < 1.29 is 29.3 Å². The smallest absolute Gasteiger partial charge is 0.408 e. The van der Waals surface area contributed by atoms with Crippen molar-refractivity contribution in [3.8, 4) is 11.5 Å². The van der Waals surface area contributed by atoms with Crippen LogP contribution in [0.4, 0.5) is 4.79 Å². The third kappa shape index (κ3) is 9.17. The fraction of sp³-hybridized carbons (Fsp3) is 0.516. The number of benzene rings is 2. The highest BCUT2D eigenvalue weighted by Gasteiger charge is 2.44. The summed E-state index contributed by atoms with van der Waals surface area (Å²) in [6.07, 6.45) is 1.43. The Labute approximate surface area is 237 Å². The molecule has 4 N–H and O–H groups in total. The number of ether oxygens (including phenoxy) is 1. The van der Waals surface area contributed by atoms with Crippen LogP contribution in [-0.2, 0) is 20.7 Å². The van der Waals surface area contributed by atoms with E-state index < -0.39 is 41.1 Å². The lowest BCUT2D eigenvalue weighted by molar-refractivity contribution is -0.149. The van der Waals surface area contributed by atoms with Gasteiger partial charge in [0.25, 0.3) is 0 Å². The molecule has 0 spiro atoms. The van der Waals surface area contributed by atoms with Gasteiger partial charge in [0.2, 0.25) is 11.8 Å². The molecule has 0 aromatic heterocycles. The van der Waals surface area contributed by atoms with Crippen LogP contribution >= 0.6 is 0 Å². The molecular formula is C31H45N3O6. The molecule has 2 aromatic carbocycles. The fourth-order valence-electron chi connectivity index (χ4n) is 4.23. The van der Waals surface area contributed by atoms with Crippen molar-refractivity contribution in [2.24, 2.45) is 0 Å². The predicted molar refractivity (Wildman–Crippen MR) is 155 cm³/mol. The van der Waals surface area contributed by atoms with Crippen molar-refractivity contribution in [3.63, 3.8) is 0 Å². The first-order chi connectivity index (χ1) is 18.7. The van der Waals surface area contributed by atoms with Gasteiger partial charge >= 0.3 is 6.09 Å². The van der Waals surface area contributed by atoms with Crippen molar-refractivity contribution in [2.45, 2.75) is 97.4 Å². The number of phenolic OH excluding ortho intramolecular Hbond substituents is 2. The van der Waals surface area contributed by atoms with Gasteiger partial charge in [-0.3, -0.25) is 9.59 Å². The minimum atomic E-state index is -1.16. The van der Waals surface area contributed by atoms with Crippen molar-refractivity contribution in [3.05, 3.63) is 59.7 Å². The summed E-state index contributed by atoms with van der Waals surface area (Å²) in [4.78, 5) is 42.6. The highest BCUT2D eigenvalue weighted by Crippen LogP contribution is 2.36. The van der Waals surface area contributed by atoms with E-state index in [1.807, 2.05) is 27.7 Å². The van der Waals surface area contributed by atoms with Gasteiger partial charge in [0.05, 0.1) is 0 Å². The molecule has 220 valence electrons. The molecule has 0 bridgehead atoms. The zero-order chi connectivity index (χ0) is 30.1. The molecule has 0 heterocycles. The number of unbranched alkanes of at least 4 members (excludes halogenated alkanes) is 1. The first-order valence-corrected chi connectivity index (χ1v) is 13.9. The number of aromatic hydroxyl groups is 2. The first kappa shape index (κ1) is 32.5. The second kappa shape index (κ2) is 14.1. The third-order valence-electron chi connectivity index (χ3n) is 6.69. The molecule has 9 heteroatoms. The highest BCUT2D eigenvalue weighted by atomic mass is 16.6. The second-order valence-electron chi connectivity index (χ2n) is 11.5. The summed E-state index contributed by atoms with van der Waals surface area (Å²) in [6.45, 7) is 13.2. The van der Waals surface area contributed by atoms with E-state index in [4.69, 9.17) is 4.74 Å². The number of carbonyl (C=O) groups excluding carboxylic acids is 3. The summed E-state index contributed by atoms with van der Waals surface area (Å²) in [5, 5.41) is 26.2. The Morgan fingerprint density at radius 3 is 2.12 bits per heavy atom. The molecule has 2 aromatic rings. The summed E-state index contributed by atoms with van der Waals surface area (Å²) in [6, 6.07) is 10.5. The van der Waals surface area contributed by atoms with Gasteiger partial charge in [0.1, 0.15) is 29.2 Å². The van der Waals surface area contributed by atoms with E-state index in [-0.39, 0.29) is 23.5 Å². The largest absolute Gasteiger partial charge is 0.508 e. The van der Waals surface area contributed by atoms with Crippen molar-refractivity contribution >= 4 is 17.9 Å². The number of rotatable bonds is 12. The number of nitrogens with one attached hydrogen (secondary N) is 2. The van der Waals surface area contributed by atoms with Crippen LogP contribution in [0.1, 0.15) is 84.9 Å². The average Bonchev–Trinajstić information content (AvgIpc) is 2.87. The highest BCUT2D eigenvalue weighted by molar-refractivity contribution is 5.93. The second-order valence-corrected chi connectivity index (χ2v) is 11.5. The number of para-hydroxylation sites is 1. The molecule has 2 rings (SSSR count). The van der Waals surface area contributed by atoms with Crippen LogP contribution in [0.15, 0.2) is 48.5 Å². The molecule has 40 heavy (non-hydrogen) atoms. The Kier molecular flexibility index (Phi) is 11.4.